The Labute approximate surface area is 104 Å². The summed E-state index contributed by atoms with van der Waals surface area (Å²) in [6.07, 6.45) is -0.718. The lowest BCUT2D eigenvalue weighted by Gasteiger charge is -2.09. The predicted octanol–water partition coefficient (Wildman–Crippen LogP) is 0.300. The summed E-state index contributed by atoms with van der Waals surface area (Å²) in [4.78, 5) is 11.9. The zero-order valence-electron chi connectivity index (χ0n) is 10.0. The third-order valence-electron chi connectivity index (χ3n) is 2.54. The molecule has 6 heteroatoms. The van der Waals surface area contributed by atoms with Crippen LogP contribution in [-0.4, -0.2) is 47.6 Å². The summed E-state index contributed by atoms with van der Waals surface area (Å²) < 4.78 is 4.77. The van der Waals surface area contributed by atoms with Gasteiger partial charge >= 0.3 is 0 Å². The molecule has 0 radical (unpaired) electrons. The van der Waals surface area contributed by atoms with E-state index in [0.29, 0.717) is 5.69 Å². The third-order valence-corrected chi connectivity index (χ3v) is 2.54. The molecule has 0 saturated heterocycles. The molecular formula is C12H15N3O3. The number of aromatic nitrogens is 2. The molecule has 1 unspecified atom stereocenters. The third kappa shape index (κ3) is 2.66. The Hall–Kier alpha value is -1.92. The molecule has 2 rings (SSSR count). The smallest absolute Gasteiger partial charge is 0.272 e. The van der Waals surface area contributed by atoms with Gasteiger partial charge in [-0.05, 0) is 6.07 Å². The minimum Gasteiger partial charge on any atom is -0.389 e. The standard InChI is InChI=1S/C12H15N3O3/c1-18-7-8(16)6-13-12(17)11-9-4-2-3-5-10(9)14-15-11/h2-5,8,16H,6-7H2,1H3,(H,13,17)(H,14,15). The average molecular weight is 249 g/mol. The molecule has 1 aromatic heterocycles. The minimum atomic E-state index is -0.718. The van der Waals surface area contributed by atoms with Gasteiger partial charge in [-0.15, -0.1) is 0 Å². The number of benzene rings is 1. The Morgan fingerprint density at radius 1 is 1.56 bits per heavy atom. The van der Waals surface area contributed by atoms with Gasteiger partial charge in [0.15, 0.2) is 5.69 Å². The molecular weight excluding hydrogens is 234 g/mol. The van der Waals surface area contributed by atoms with E-state index in [-0.39, 0.29) is 19.1 Å². The van der Waals surface area contributed by atoms with Crippen molar-refractivity contribution in [3.8, 4) is 0 Å². The molecule has 1 heterocycles. The number of hydrogen-bond acceptors (Lipinski definition) is 4. The molecule has 0 fully saturated rings. The first-order valence-electron chi connectivity index (χ1n) is 5.60. The first kappa shape index (κ1) is 12.5. The second-order valence-corrected chi connectivity index (χ2v) is 3.94. The van der Waals surface area contributed by atoms with Crippen LogP contribution >= 0.6 is 0 Å². The number of methoxy groups -OCH3 is 1. The molecule has 0 aliphatic rings. The normalized spacial score (nSPS) is 12.6. The van der Waals surface area contributed by atoms with Crippen molar-refractivity contribution in [3.63, 3.8) is 0 Å². The van der Waals surface area contributed by atoms with Gasteiger partial charge in [0.05, 0.1) is 18.2 Å². The lowest BCUT2D eigenvalue weighted by molar-refractivity contribution is 0.0609. The number of nitrogens with one attached hydrogen (secondary N) is 2. The molecule has 96 valence electrons. The van der Waals surface area contributed by atoms with E-state index in [1.807, 2.05) is 24.3 Å². The van der Waals surface area contributed by atoms with Crippen LogP contribution in [0.15, 0.2) is 24.3 Å². The van der Waals surface area contributed by atoms with Crippen LogP contribution in [-0.2, 0) is 4.74 Å². The first-order chi connectivity index (χ1) is 8.72. The fraction of sp³-hybridized carbons (Fsp3) is 0.333. The number of amides is 1. The highest BCUT2D eigenvalue weighted by Gasteiger charge is 2.14. The van der Waals surface area contributed by atoms with E-state index in [4.69, 9.17) is 4.74 Å². The number of ether oxygens (including phenoxy) is 1. The van der Waals surface area contributed by atoms with E-state index in [0.717, 1.165) is 10.9 Å². The maximum Gasteiger partial charge on any atom is 0.272 e. The molecule has 6 nitrogen and oxygen atoms in total. The number of para-hydroxylation sites is 1. The quantitative estimate of drug-likeness (QED) is 0.711. The summed E-state index contributed by atoms with van der Waals surface area (Å²) in [5.41, 5.74) is 1.13. The summed E-state index contributed by atoms with van der Waals surface area (Å²) >= 11 is 0. The van der Waals surface area contributed by atoms with Gasteiger partial charge in [0.25, 0.3) is 5.91 Å². The zero-order chi connectivity index (χ0) is 13.0. The van der Waals surface area contributed by atoms with Crippen LogP contribution in [0.1, 0.15) is 10.5 Å². The molecule has 0 aliphatic carbocycles. The van der Waals surface area contributed by atoms with Crippen molar-refractivity contribution in [2.45, 2.75) is 6.10 Å². The van der Waals surface area contributed by atoms with E-state index in [1.165, 1.54) is 7.11 Å². The molecule has 0 saturated carbocycles. The van der Waals surface area contributed by atoms with Gasteiger partial charge in [-0.2, -0.15) is 5.10 Å². The molecule has 2 aromatic rings. The van der Waals surface area contributed by atoms with Crippen LogP contribution < -0.4 is 5.32 Å². The van der Waals surface area contributed by atoms with E-state index in [2.05, 4.69) is 15.5 Å². The van der Waals surface area contributed by atoms with Crippen LogP contribution in [0.2, 0.25) is 0 Å². The van der Waals surface area contributed by atoms with Crippen molar-refractivity contribution in [1.82, 2.24) is 15.5 Å². The zero-order valence-corrected chi connectivity index (χ0v) is 10.0. The van der Waals surface area contributed by atoms with Crippen molar-refractivity contribution in [2.75, 3.05) is 20.3 Å². The molecule has 1 atom stereocenters. The first-order valence-corrected chi connectivity index (χ1v) is 5.60. The van der Waals surface area contributed by atoms with Crippen molar-refractivity contribution in [2.24, 2.45) is 0 Å². The van der Waals surface area contributed by atoms with Gasteiger partial charge in [-0.25, -0.2) is 0 Å². The monoisotopic (exact) mass is 249 g/mol. The molecule has 3 N–H and O–H groups in total. The highest BCUT2D eigenvalue weighted by atomic mass is 16.5. The van der Waals surface area contributed by atoms with Crippen molar-refractivity contribution in [3.05, 3.63) is 30.0 Å². The summed E-state index contributed by atoms with van der Waals surface area (Å²) in [7, 11) is 1.49. The molecule has 0 bridgehead atoms. The number of fused-ring (bicyclic) bond motifs is 1. The van der Waals surface area contributed by atoms with E-state index in [1.54, 1.807) is 0 Å². The predicted molar refractivity (Wildman–Crippen MR) is 66.3 cm³/mol. The number of aliphatic hydroxyl groups excluding tert-OH is 1. The second-order valence-electron chi connectivity index (χ2n) is 3.94. The van der Waals surface area contributed by atoms with E-state index in [9.17, 15) is 9.90 Å². The number of aliphatic hydroxyl groups is 1. The lowest BCUT2D eigenvalue weighted by Crippen LogP contribution is -2.34. The number of rotatable bonds is 5. The molecule has 18 heavy (non-hydrogen) atoms. The van der Waals surface area contributed by atoms with Gasteiger partial charge in [-0.1, -0.05) is 18.2 Å². The Morgan fingerprint density at radius 2 is 2.33 bits per heavy atom. The number of aromatic amines is 1. The highest BCUT2D eigenvalue weighted by Crippen LogP contribution is 2.14. The Kier molecular flexibility index (Phi) is 3.91. The fourth-order valence-corrected chi connectivity index (χ4v) is 1.68. The minimum absolute atomic E-state index is 0.133. The van der Waals surface area contributed by atoms with Crippen molar-refractivity contribution in [1.29, 1.82) is 0 Å². The average Bonchev–Trinajstić information content (AvgIpc) is 2.80. The number of nitrogens with zero attached hydrogens (tertiary/aromatic N) is 1. The van der Waals surface area contributed by atoms with Crippen LogP contribution in [0, 0.1) is 0 Å². The van der Waals surface area contributed by atoms with Crippen molar-refractivity contribution < 1.29 is 14.6 Å². The van der Waals surface area contributed by atoms with Gasteiger partial charge in [0.2, 0.25) is 0 Å². The van der Waals surface area contributed by atoms with Crippen molar-refractivity contribution >= 4 is 16.8 Å². The second kappa shape index (κ2) is 5.61. The highest BCUT2D eigenvalue weighted by molar-refractivity contribution is 6.04. The Morgan fingerprint density at radius 3 is 3.11 bits per heavy atom. The fourth-order valence-electron chi connectivity index (χ4n) is 1.68. The number of carbonyl (C=O) groups excluding carboxylic acids is 1. The largest absolute Gasteiger partial charge is 0.389 e. The summed E-state index contributed by atoms with van der Waals surface area (Å²) in [5, 5.41) is 19.6. The van der Waals surface area contributed by atoms with Crippen LogP contribution in [0.5, 0.6) is 0 Å². The van der Waals surface area contributed by atoms with Gasteiger partial charge < -0.3 is 15.2 Å². The van der Waals surface area contributed by atoms with Gasteiger partial charge in [0.1, 0.15) is 0 Å². The summed E-state index contributed by atoms with van der Waals surface area (Å²) in [6, 6.07) is 7.37. The SMILES string of the molecule is COCC(O)CNC(=O)c1n[nH]c2ccccc12. The maximum absolute atomic E-state index is 11.9. The van der Waals surface area contributed by atoms with E-state index >= 15 is 0 Å². The maximum atomic E-state index is 11.9. The number of H-pyrrole nitrogens is 1. The summed E-state index contributed by atoms with van der Waals surface area (Å²) in [5.74, 6) is -0.317. The van der Waals surface area contributed by atoms with Crippen LogP contribution in [0.3, 0.4) is 0 Å². The Bertz CT molecular complexity index is 538. The molecule has 0 spiro atoms. The van der Waals surface area contributed by atoms with Gasteiger partial charge in [-0.3, -0.25) is 9.89 Å². The van der Waals surface area contributed by atoms with Crippen LogP contribution in [0.25, 0.3) is 10.9 Å². The van der Waals surface area contributed by atoms with Gasteiger partial charge in [0, 0.05) is 19.0 Å². The topological polar surface area (TPSA) is 87.2 Å². The molecule has 1 aromatic carbocycles. The molecule has 1 amide bonds. The Balaban J connectivity index is 2.05. The number of hydrogen-bond donors (Lipinski definition) is 3. The summed E-state index contributed by atoms with van der Waals surface area (Å²) in [6.45, 7) is 0.315. The van der Waals surface area contributed by atoms with Crippen LogP contribution in [0.4, 0.5) is 0 Å². The van der Waals surface area contributed by atoms with E-state index < -0.39 is 6.10 Å². The number of carbonyl (C=O) groups is 1. The molecule has 0 aliphatic heterocycles. The lowest BCUT2D eigenvalue weighted by atomic mass is 10.2.